The summed E-state index contributed by atoms with van der Waals surface area (Å²) in [5, 5.41) is 2.15. The summed E-state index contributed by atoms with van der Waals surface area (Å²) < 4.78 is 30.9. The number of halogens is 1. The Balaban J connectivity index is 2.38. The van der Waals surface area contributed by atoms with Gasteiger partial charge in [-0.3, -0.25) is 4.79 Å². The van der Waals surface area contributed by atoms with E-state index in [0.29, 0.717) is 19.7 Å². The minimum Gasteiger partial charge on any atom is -0.383 e. The van der Waals surface area contributed by atoms with Gasteiger partial charge in [0.05, 0.1) is 28.6 Å². The zero-order valence-corrected chi connectivity index (χ0v) is 17.2. The summed E-state index contributed by atoms with van der Waals surface area (Å²) >= 11 is 7.74. The standard InChI is InChI=1S/C17H21ClN2O4S2/c1-19(2)26(22,23)14-6-7-16(18)15(11-14)17(21)20(8-9-24-3)12-13-5-4-10-25-13/h4-7,10-11H,8-9,12H2,1-3H3. The molecule has 0 radical (unpaired) electrons. The molecule has 0 unspecified atom stereocenters. The number of ether oxygens (including phenoxy) is 1. The first-order valence-corrected chi connectivity index (χ1v) is 10.5. The number of benzene rings is 1. The van der Waals surface area contributed by atoms with Gasteiger partial charge in [-0.05, 0) is 29.6 Å². The van der Waals surface area contributed by atoms with Crippen molar-refractivity contribution in [1.29, 1.82) is 0 Å². The normalized spacial score (nSPS) is 11.7. The van der Waals surface area contributed by atoms with E-state index in [0.717, 1.165) is 9.18 Å². The highest BCUT2D eigenvalue weighted by Crippen LogP contribution is 2.24. The summed E-state index contributed by atoms with van der Waals surface area (Å²) in [7, 11) is 0.775. The van der Waals surface area contributed by atoms with Gasteiger partial charge in [0, 0.05) is 32.6 Å². The number of amides is 1. The maximum Gasteiger partial charge on any atom is 0.255 e. The van der Waals surface area contributed by atoms with Crippen LogP contribution in [0.15, 0.2) is 40.6 Å². The largest absolute Gasteiger partial charge is 0.383 e. The van der Waals surface area contributed by atoms with Crippen molar-refractivity contribution in [2.45, 2.75) is 11.4 Å². The van der Waals surface area contributed by atoms with Crippen molar-refractivity contribution in [3.05, 3.63) is 51.2 Å². The van der Waals surface area contributed by atoms with Crippen molar-refractivity contribution >= 4 is 38.9 Å². The molecule has 0 saturated heterocycles. The number of carbonyl (C=O) groups excluding carboxylic acids is 1. The van der Waals surface area contributed by atoms with Crippen LogP contribution in [0, 0.1) is 0 Å². The van der Waals surface area contributed by atoms with Gasteiger partial charge in [0.2, 0.25) is 10.0 Å². The van der Waals surface area contributed by atoms with Gasteiger partial charge in [0.25, 0.3) is 5.91 Å². The third-order valence-electron chi connectivity index (χ3n) is 3.73. The molecule has 0 saturated carbocycles. The van der Waals surface area contributed by atoms with E-state index in [-0.39, 0.29) is 21.4 Å². The van der Waals surface area contributed by atoms with E-state index < -0.39 is 10.0 Å². The lowest BCUT2D eigenvalue weighted by atomic mass is 10.2. The molecular formula is C17H21ClN2O4S2. The van der Waals surface area contributed by atoms with Crippen LogP contribution in [0.5, 0.6) is 0 Å². The highest BCUT2D eigenvalue weighted by molar-refractivity contribution is 7.89. The predicted octanol–water partition coefficient (Wildman–Crippen LogP) is 2.94. The molecule has 1 aromatic carbocycles. The van der Waals surface area contributed by atoms with Crippen LogP contribution in [0.25, 0.3) is 0 Å². The summed E-state index contributed by atoms with van der Waals surface area (Å²) in [6, 6.07) is 8.01. The molecular weight excluding hydrogens is 396 g/mol. The molecule has 1 aromatic heterocycles. The lowest BCUT2D eigenvalue weighted by molar-refractivity contribution is 0.0682. The Bertz CT molecular complexity index is 852. The van der Waals surface area contributed by atoms with Crippen LogP contribution in [-0.4, -0.2) is 57.9 Å². The van der Waals surface area contributed by atoms with Gasteiger partial charge in [-0.1, -0.05) is 17.7 Å². The minimum absolute atomic E-state index is 0.0260. The zero-order chi connectivity index (χ0) is 19.3. The van der Waals surface area contributed by atoms with Gasteiger partial charge in [0.15, 0.2) is 0 Å². The number of nitrogens with zero attached hydrogens (tertiary/aromatic N) is 2. The topological polar surface area (TPSA) is 66.9 Å². The summed E-state index contributed by atoms with van der Waals surface area (Å²) in [5.41, 5.74) is 0.155. The van der Waals surface area contributed by atoms with E-state index in [1.165, 1.54) is 32.3 Å². The van der Waals surface area contributed by atoms with Crippen molar-refractivity contribution < 1.29 is 17.9 Å². The number of methoxy groups -OCH3 is 1. The monoisotopic (exact) mass is 416 g/mol. The Labute approximate surface area is 163 Å². The highest BCUT2D eigenvalue weighted by Gasteiger charge is 2.24. The van der Waals surface area contributed by atoms with Crippen molar-refractivity contribution in [3.8, 4) is 0 Å². The molecule has 1 heterocycles. The summed E-state index contributed by atoms with van der Waals surface area (Å²) in [6.07, 6.45) is 0. The predicted molar refractivity (Wildman–Crippen MR) is 103 cm³/mol. The van der Waals surface area contributed by atoms with Crippen LogP contribution in [-0.2, 0) is 21.3 Å². The number of carbonyl (C=O) groups is 1. The quantitative estimate of drug-likeness (QED) is 0.663. The summed E-state index contributed by atoms with van der Waals surface area (Å²) in [5.74, 6) is -0.337. The Morgan fingerprint density at radius 1 is 1.27 bits per heavy atom. The number of hydrogen-bond acceptors (Lipinski definition) is 5. The first-order valence-electron chi connectivity index (χ1n) is 7.80. The second kappa shape index (κ2) is 8.96. The molecule has 0 aliphatic heterocycles. The van der Waals surface area contributed by atoms with Crippen LogP contribution in [0.1, 0.15) is 15.2 Å². The van der Waals surface area contributed by atoms with Gasteiger partial charge < -0.3 is 9.64 Å². The number of sulfonamides is 1. The Hall–Kier alpha value is -1.45. The summed E-state index contributed by atoms with van der Waals surface area (Å²) in [4.78, 5) is 15.7. The van der Waals surface area contributed by atoms with Gasteiger partial charge in [-0.15, -0.1) is 11.3 Å². The third-order valence-corrected chi connectivity index (χ3v) is 6.73. The van der Waals surface area contributed by atoms with Crippen molar-refractivity contribution in [2.75, 3.05) is 34.4 Å². The average Bonchev–Trinajstić information content (AvgIpc) is 3.11. The molecule has 1 amide bonds. The molecule has 0 atom stereocenters. The first-order chi connectivity index (χ1) is 12.3. The molecule has 26 heavy (non-hydrogen) atoms. The van der Waals surface area contributed by atoms with E-state index in [9.17, 15) is 13.2 Å². The lowest BCUT2D eigenvalue weighted by Crippen LogP contribution is -2.33. The molecule has 0 spiro atoms. The average molecular weight is 417 g/mol. The van der Waals surface area contributed by atoms with Crippen LogP contribution < -0.4 is 0 Å². The molecule has 9 heteroatoms. The Morgan fingerprint density at radius 3 is 2.58 bits per heavy atom. The van der Waals surface area contributed by atoms with E-state index in [1.807, 2.05) is 17.5 Å². The molecule has 0 fully saturated rings. The summed E-state index contributed by atoms with van der Waals surface area (Å²) in [6.45, 7) is 1.14. The first kappa shape index (κ1) is 20.9. The van der Waals surface area contributed by atoms with Gasteiger partial charge in [0.1, 0.15) is 0 Å². The number of hydrogen-bond donors (Lipinski definition) is 0. The van der Waals surface area contributed by atoms with Crippen LogP contribution in [0.4, 0.5) is 0 Å². The van der Waals surface area contributed by atoms with E-state index in [2.05, 4.69) is 0 Å². The second-order valence-electron chi connectivity index (χ2n) is 5.73. The third kappa shape index (κ3) is 4.83. The fraction of sp³-hybridized carbons (Fsp3) is 0.353. The Morgan fingerprint density at radius 2 is 2.00 bits per heavy atom. The van der Waals surface area contributed by atoms with Crippen LogP contribution in [0.2, 0.25) is 5.02 Å². The fourth-order valence-corrected chi connectivity index (χ4v) is 4.10. The maximum absolute atomic E-state index is 13.0. The highest BCUT2D eigenvalue weighted by atomic mass is 35.5. The van der Waals surface area contributed by atoms with Crippen LogP contribution in [0.3, 0.4) is 0 Å². The zero-order valence-electron chi connectivity index (χ0n) is 14.8. The minimum atomic E-state index is -3.66. The van der Waals surface area contributed by atoms with Crippen LogP contribution >= 0.6 is 22.9 Å². The smallest absolute Gasteiger partial charge is 0.255 e. The molecule has 142 valence electrons. The molecule has 0 aliphatic rings. The molecule has 6 nitrogen and oxygen atoms in total. The molecule has 2 rings (SSSR count). The van der Waals surface area contributed by atoms with Gasteiger partial charge in [-0.2, -0.15) is 0 Å². The van der Waals surface area contributed by atoms with E-state index in [1.54, 1.807) is 23.3 Å². The fourth-order valence-electron chi connectivity index (χ4n) is 2.25. The van der Waals surface area contributed by atoms with E-state index >= 15 is 0 Å². The number of thiophene rings is 1. The van der Waals surface area contributed by atoms with Crippen molar-refractivity contribution in [2.24, 2.45) is 0 Å². The molecule has 0 N–H and O–H groups in total. The molecule has 0 bridgehead atoms. The van der Waals surface area contributed by atoms with Crippen molar-refractivity contribution in [3.63, 3.8) is 0 Å². The lowest BCUT2D eigenvalue weighted by Gasteiger charge is -2.23. The molecule has 2 aromatic rings. The van der Waals surface area contributed by atoms with Gasteiger partial charge >= 0.3 is 0 Å². The maximum atomic E-state index is 13.0. The second-order valence-corrected chi connectivity index (χ2v) is 9.32. The van der Waals surface area contributed by atoms with Gasteiger partial charge in [-0.25, -0.2) is 12.7 Å². The number of rotatable bonds is 8. The van der Waals surface area contributed by atoms with E-state index in [4.69, 9.17) is 16.3 Å². The molecule has 0 aliphatic carbocycles. The Kier molecular flexibility index (Phi) is 7.19. The van der Waals surface area contributed by atoms with Crippen molar-refractivity contribution in [1.82, 2.24) is 9.21 Å². The SMILES string of the molecule is COCCN(Cc1cccs1)C(=O)c1cc(S(=O)(=O)N(C)C)ccc1Cl.